The molecule has 0 atom stereocenters. The first-order chi connectivity index (χ1) is 10.5. The van der Waals surface area contributed by atoms with E-state index in [-0.39, 0.29) is 11.5 Å². The molecular weight excluding hydrogens is 282 g/mol. The van der Waals surface area contributed by atoms with Crippen LogP contribution in [0.3, 0.4) is 0 Å². The summed E-state index contributed by atoms with van der Waals surface area (Å²) in [5, 5.41) is 12.1. The number of hydrogen-bond acceptors (Lipinski definition) is 4. The number of amides is 2. The number of nitrogens with two attached hydrogens (primary N) is 1. The predicted molar refractivity (Wildman–Crippen MR) is 81.3 cm³/mol. The van der Waals surface area contributed by atoms with Gasteiger partial charge >= 0.3 is 0 Å². The van der Waals surface area contributed by atoms with Gasteiger partial charge in [-0.05, 0) is 31.0 Å². The Balaban J connectivity index is 2.23. The maximum atomic E-state index is 12.5. The molecule has 0 aromatic heterocycles. The molecule has 116 valence electrons. The Labute approximate surface area is 129 Å². The summed E-state index contributed by atoms with van der Waals surface area (Å²) >= 11 is 0. The van der Waals surface area contributed by atoms with Gasteiger partial charge in [0.1, 0.15) is 11.2 Å². The number of hydrogen-bond donors (Lipinski definition) is 2. The van der Waals surface area contributed by atoms with Crippen LogP contribution in [-0.2, 0) is 4.79 Å². The molecule has 1 saturated carbocycles. The molecule has 1 aliphatic rings. The summed E-state index contributed by atoms with van der Waals surface area (Å²) in [5.41, 5.74) is 4.94. The third-order valence-corrected chi connectivity index (χ3v) is 4.08. The molecule has 1 aromatic rings. The molecule has 1 aromatic carbocycles. The van der Waals surface area contributed by atoms with Crippen molar-refractivity contribution in [1.29, 1.82) is 5.26 Å². The Morgan fingerprint density at radius 3 is 2.55 bits per heavy atom. The number of benzene rings is 1. The van der Waals surface area contributed by atoms with E-state index >= 15 is 0 Å². The van der Waals surface area contributed by atoms with Crippen LogP contribution in [0.5, 0.6) is 5.75 Å². The predicted octanol–water partition coefficient (Wildman–Crippen LogP) is 2.21. The first-order valence-electron chi connectivity index (χ1n) is 7.23. The molecule has 0 unspecified atom stereocenters. The molecule has 0 spiro atoms. The van der Waals surface area contributed by atoms with Gasteiger partial charge in [0.05, 0.1) is 18.7 Å². The lowest BCUT2D eigenvalue weighted by Crippen LogP contribution is -2.36. The second-order valence-corrected chi connectivity index (χ2v) is 5.49. The number of anilines is 1. The Bertz CT molecular complexity index is 628. The van der Waals surface area contributed by atoms with Crippen molar-refractivity contribution in [3.05, 3.63) is 23.8 Å². The van der Waals surface area contributed by atoms with Crippen molar-refractivity contribution in [2.75, 3.05) is 12.4 Å². The smallest absolute Gasteiger partial charge is 0.252 e. The van der Waals surface area contributed by atoms with Crippen molar-refractivity contribution < 1.29 is 14.3 Å². The van der Waals surface area contributed by atoms with E-state index in [0.717, 1.165) is 19.3 Å². The summed E-state index contributed by atoms with van der Waals surface area (Å²) in [6.45, 7) is 0. The lowest BCUT2D eigenvalue weighted by Gasteiger charge is -2.29. The molecule has 2 amide bonds. The van der Waals surface area contributed by atoms with Gasteiger partial charge in [-0.15, -0.1) is 0 Å². The van der Waals surface area contributed by atoms with Crippen molar-refractivity contribution in [3.63, 3.8) is 0 Å². The average molecular weight is 301 g/mol. The normalized spacial score (nSPS) is 16.4. The van der Waals surface area contributed by atoms with E-state index in [1.54, 1.807) is 12.1 Å². The van der Waals surface area contributed by atoms with Crippen LogP contribution < -0.4 is 15.8 Å². The fourth-order valence-electron chi connectivity index (χ4n) is 2.77. The van der Waals surface area contributed by atoms with E-state index in [4.69, 9.17) is 10.5 Å². The molecule has 1 aliphatic carbocycles. The Hall–Kier alpha value is -2.55. The molecule has 2 rings (SSSR count). The van der Waals surface area contributed by atoms with Gasteiger partial charge < -0.3 is 15.8 Å². The summed E-state index contributed by atoms with van der Waals surface area (Å²) in [5.74, 6) is -0.617. The van der Waals surface area contributed by atoms with Crippen LogP contribution in [0.2, 0.25) is 0 Å². The fourth-order valence-corrected chi connectivity index (χ4v) is 2.77. The quantitative estimate of drug-likeness (QED) is 0.889. The first-order valence-corrected chi connectivity index (χ1v) is 7.23. The topological polar surface area (TPSA) is 105 Å². The lowest BCUT2D eigenvalue weighted by molar-refractivity contribution is -0.124. The van der Waals surface area contributed by atoms with Gasteiger partial charge in [0.25, 0.3) is 5.91 Å². The molecular formula is C16H19N3O3. The third kappa shape index (κ3) is 3.03. The van der Waals surface area contributed by atoms with Gasteiger partial charge in [0.2, 0.25) is 5.91 Å². The molecule has 0 radical (unpaired) electrons. The second-order valence-electron chi connectivity index (χ2n) is 5.49. The van der Waals surface area contributed by atoms with Gasteiger partial charge in [-0.1, -0.05) is 19.3 Å². The van der Waals surface area contributed by atoms with Gasteiger partial charge in [-0.3, -0.25) is 9.59 Å². The van der Waals surface area contributed by atoms with Gasteiger partial charge in [-0.2, -0.15) is 5.26 Å². The summed E-state index contributed by atoms with van der Waals surface area (Å²) in [7, 11) is 1.44. The van der Waals surface area contributed by atoms with Crippen molar-refractivity contribution in [1.82, 2.24) is 0 Å². The third-order valence-electron chi connectivity index (χ3n) is 4.08. The van der Waals surface area contributed by atoms with Crippen LogP contribution in [0.25, 0.3) is 0 Å². The number of nitrogens with zero attached hydrogens (tertiary/aromatic N) is 1. The average Bonchev–Trinajstić information content (AvgIpc) is 2.55. The summed E-state index contributed by atoms with van der Waals surface area (Å²) < 4.78 is 5.06. The minimum Gasteiger partial charge on any atom is -0.496 e. The van der Waals surface area contributed by atoms with Crippen LogP contribution in [0.4, 0.5) is 5.69 Å². The number of carbonyl (C=O) groups excluding carboxylic acids is 2. The molecule has 1 fully saturated rings. The van der Waals surface area contributed by atoms with Crippen molar-refractivity contribution in [3.8, 4) is 11.8 Å². The van der Waals surface area contributed by atoms with E-state index in [2.05, 4.69) is 11.4 Å². The van der Waals surface area contributed by atoms with Crippen LogP contribution in [0.1, 0.15) is 42.5 Å². The number of nitrogens with one attached hydrogen (secondary N) is 1. The van der Waals surface area contributed by atoms with E-state index in [1.165, 1.54) is 13.2 Å². The van der Waals surface area contributed by atoms with E-state index in [1.807, 2.05) is 0 Å². The lowest BCUT2D eigenvalue weighted by atomic mass is 9.74. The van der Waals surface area contributed by atoms with Crippen LogP contribution in [-0.4, -0.2) is 18.9 Å². The molecule has 0 heterocycles. The number of carbonyl (C=O) groups is 2. The largest absolute Gasteiger partial charge is 0.496 e. The second kappa shape index (κ2) is 6.48. The zero-order chi connectivity index (χ0) is 16.2. The highest BCUT2D eigenvalue weighted by molar-refractivity contribution is 6.00. The van der Waals surface area contributed by atoms with Crippen molar-refractivity contribution in [2.24, 2.45) is 11.1 Å². The molecule has 6 heteroatoms. The minimum atomic E-state index is -0.981. The van der Waals surface area contributed by atoms with Gasteiger partial charge in [-0.25, -0.2) is 0 Å². The number of methoxy groups -OCH3 is 1. The molecule has 22 heavy (non-hydrogen) atoms. The van der Waals surface area contributed by atoms with Gasteiger partial charge in [0, 0.05) is 5.69 Å². The zero-order valence-corrected chi connectivity index (χ0v) is 12.5. The number of ether oxygens (including phenoxy) is 1. The van der Waals surface area contributed by atoms with E-state index in [0.29, 0.717) is 24.3 Å². The van der Waals surface area contributed by atoms with E-state index < -0.39 is 11.3 Å². The molecule has 0 bridgehead atoms. The fraction of sp³-hybridized carbons (Fsp3) is 0.438. The minimum absolute atomic E-state index is 0.190. The van der Waals surface area contributed by atoms with Crippen molar-refractivity contribution in [2.45, 2.75) is 32.1 Å². The highest BCUT2D eigenvalue weighted by Gasteiger charge is 2.39. The summed E-state index contributed by atoms with van der Waals surface area (Å²) in [6.07, 6.45) is 3.92. The molecule has 0 aliphatic heterocycles. The van der Waals surface area contributed by atoms with Crippen LogP contribution >= 0.6 is 0 Å². The van der Waals surface area contributed by atoms with Crippen molar-refractivity contribution >= 4 is 17.5 Å². The highest BCUT2D eigenvalue weighted by atomic mass is 16.5. The number of nitriles is 1. The molecule has 3 N–H and O–H groups in total. The van der Waals surface area contributed by atoms with Crippen LogP contribution in [0.15, 0.2) is 18.2 Å². The Morgan fingerprint density at radius 1 is 1.32 bits per heavy atom. The van der Waals surface area contributed by atoms with Crippen LogP contribution in [0, 0.1) is 16.7 Å². The molecule has 6 nitrogen and oxygen atoms in total. The maximum Gasteiger partial charge on any atom is 0.252 e. The summed E-state index contributed by atoms with van der Waals surface area (Å²) in [4.78, 5) is 23.9. The van der Waals surface area contributed by atoms with E-state index in [9.17, 15) is 14.9 Å². The Kier molecular flexibility index (Phi) is 4.66. The number of primary amides is 1. The monoisotopic (exact) mass is 301 g/mol. The first kappa shape index (κ1) is 15.8. The SMILES string of the molecule is COc1ccc(NC(=O)C2(C#N)CCCCC2)cc1C(N)=O. The zero-order valence-electron chi connectivity index (χ0n) is 12.5. The maximum absolute atomic E-state index is 12.5. The standard InChI is InChI=1S/C16H19N3O3/c1-22-13-6-5-11(9-12(13)14(18)20)19-15(21)16(10-17)7-3-2-4-8-16/h5-6,9H,2-4,7-8H2,1H3,(H2,18,20)(H,19,21). The molecule has 0 saturated heterocycles. The van der Waals surface area contributed by atoms with Gasteiger partial charge in [0.15, 0.2) is 0 Å². The Morgan fingerprint density at radius 2 is 2.00 bits per heavy atom. The summed E-state index contributed by atoms with van der Waals surface area (Å²) in [6, 6.07) is 6.82. The number of rotatable bonds is 4. The highest BCUT2D eigenvalue weighted by Crippen LogP contribution is 2.37.